The molecule has 4 rings (SSSR count). The van der Waals surface area contributed by atoms with Gasteiger partial charge in [0.1, 0.15) is 17.7 Å². The summed E-state index contributed by atoms with van der Waals surface area (Å²) >= 11 is 0. The van der Waals surface area contributed by atoms with Gasteiger partial charge < -0.3 is 9.88 Å². The molecule has 3 aromatic rings. The zero-order valence-corrected chi connectivity index (χ0v) is 14.5. The molecular formula is C21H20FN3O. The van der Waals surface area contributed by atoms with E-state index >= 15 is 0 Å². The van der Waals surface area contributed by atoms with Crippen LogP contribution in [-0.2, 0) is 17.3 Å². The van der Waals surface area contributed by atoms with Gasteiger partial charge in [0.15, 0.2) is 0 Å². The Labute approximate surface area is 151 Å². The fourth-order valence-corrected chi connectivity index (χ4v) is 3.41. The maximum Gasteiger partial charge on any atom is 0.231 e. The predicted molar refractivity (Wildman–Crippen MR) is 96.9 cm³/mol. The first-order chi connectivity index (χ1) is 12.6. The molecule has 0 radical (unpaired) electrons. The van der Waals surface area contributed by atoms with Gasteiger partial charge in [-0.3, -0.25) is 4.79 Å². The van der Waals surface area contributed by atoms with E-state index in [1.807, 2.05) is 48.1 Å². The number of nitrogens with zero attached hydrogens (tertiary/aromatic N) is 2. The van der Waals surface area contributed by atoms with Gasteiger partial charge in [-0.2, -0.15) is 0 Å². The zero-order valence-electron chi connectivity index (χ0n) is 14.5. The number of aromatic nitrogens is 2. The standard InChI is InChI=1S/C21H20FN3O/c1-25-14-13-23-19(25)18(15-7-9-17(22)10-8-15)24-20(26)21(11-12-21)16-5-3-2-4-6-16/h2-10,13-14,18H,11-12H2,1H3,(H,24,26). The van der Waals surface area contributed by atoms with E-state index in [0.29, 0.717) is 5.82 Å². The SMILES string of the molecule is Cn1ccnc1C(NC(=O)C1(c2ccccc2)CC1)c1ccc(F)cc1. The second-order valence-corrected chi connectivity index (χ2v) is 6.80. The summed E-state index contributed by atoms with van der Waals surface area (Å²) in [7, 11) is 1.88. The van der Waals surface area contributed by atoms with Crippen molar-refractivity contribution in [3.05, 3.63) is 89.8 Å². The third kappa shape index (κ3) is 2.90. The Morgan fingerprint density at radius 3 is 2.42 bits per heavy atom. The lowest BCUT2D eigenvalue weighted by molar-refractivity contribution is -0.124. The minimum Gasteiger partial charge on any atom is -0.341 e. The minimum absolute atomic E-state index is 0.0129. The fraction of sp³-hybridized carbons (Fsp3) is 0.238. The van der Waals surface area contributed by atoms with E-state index in [1.54, 1.807) is 18.3 Å². The zero-order chi connectivity index (χ0) is 18.1. The molecule has 1 atom stereocenters. The van der Waals surface area contributed by atoms with E-state index in [1.165, 1.54) is 12.1 Å². The lowest BCUT2D eigenvalue weighted by Crippen LogP contribution is -2.38. The molecule has 0 aliphatic heterocycles. The van der Waals surface area contributed by atoms with Crippen molar-refractivity contribution in [2.75, 3.05) is 0 Å². The number of nitrogens with one attached hydrogen (secondary N) is 1. The van der Waals surface area contributed by atoms with Crippen LogP contribution in [0.4, 0.5) is 4.39 Å². The first-order valence-corrected chi connectivity index (χ1v) is 8.69. The third-order valence-electron chi connectivity index (χ3n) is 5.11. The van der Waals surface area contributed by atoms with Crippen molar-refractivity contribution in [1.29, 1.82) is 0 Å². The molecule has 132 valence electrons. The van der Waals surface area contributed by atoms with Crippen molar-refractivity contribution >= 4 is 5.91 Å². The van der Waals surface area contributed by atoms with Crippen LogP contribution in [0.5, 0.6) is 0 Å². The third-order valence-corrected chi connectivity index (χ3v) is 5.11. The predicted octanol–water partition coefficient (Wildman–Crippen LogP) is 3.50. The van der Waals surface area contributed by atoms with Crippen molar-refractivity contribution in [3.8, 4) is 0 Å². The highest BCUT2D eigenvalue weighted by atomic mass is 19.1. The number of benzene rings is 2. The van der Waals surface area contributed by atoms with Crippen LogP contribution in [0.3, 0.4) is 0 Å². The number of carbonyl (C=O) groups is 1. The Bertz CT molecular complexity index is 914. The second-order valence-electron chi connectivity index (χ2n) is 6.80. The number of rotatable bonds is 5. The average molecular weight is 349 g/mol. The lowest BCUT2D eigenvalue weighted by Gasteiger charge is -2.23. The molecule has 1 heterocycles. The number of amides is 1. The molecular weight excluding hydrogens is 329 g/mol. The minimum atomic E-state index is -0.468. The number of aryl methyl sites for hydroxylation is 1. The van der Waals surface area contributed by atoms with Crippen molar-refractivity contribution in [2.24, 2.45) is 7.05 Å². The maximum absolute atomic E-state index is 13.3. The van der Waals surface area contributed by atoms with Crippen molar-refractivity contribution < 1.29 is 9.18 Å². The van der Waals surface area contributed by atoms with E-state index in [9.17, 15) is 9.18 Å². The monoisotopic (exact) mass is 349 g/mol. The highest BCUT2D eigenvalue weighted by Gasteiger charge is 2.51. The van der Waals surface area contributed by atoms with Gasteiger partial charge in [0.25, 0.3) is 0 Å². The fourth-order valence-electron chi connectivity index (χ4n) is 3.41. The molecule has 26 heavy (non-hydrogen) atoms. The Morgan fingerprint density at radius 1 is 1.15 bits per heavy atom. The molecule has 1 N–H and O–H groups in total. The molecule has 0 spiro atoms. The van der Waals surface area contributed by atoms with Crippen LogP contribution >= 0.6 is 0 Å². The first kappa shape index (κ1) is 16.5. The molecule has 1 aliphatic rings. The highest BCUT2D eigenvalue weighted by Crippen LogP contribution is 2.48. The number of hydrogen-bond donors (Lipinski definition) is 1. The van der Waals surface area contributed by atoms with Gasteiger partial charge in [-0.25, -0.2) is 9.37 Å². The van der Waals surface area contributed by atoms with Gasteiger partial charge in [0, 0.05) is 19.4 Å². The largest absolute Gasteiger partial charge is 0.341 e. The number of carbonyl (C=O) groups excluding carboxylic acids is 1. The summed E-state index contributed by atoms with van der Waals surface area (Å²) in [5, 5.41) is 3.15. The topological polar surface area (TPSA) is 46.9 Å². The molecule has 1 fully saturated rings. The molecule has 1 unspecified atom stereocenters. The Hall–Kier alpha value is -2.95. The summed E-state index contributed by atoms with van der Waals surface area (Å²) in [6.45, 7) is 0. The van der Waals surface area contributed by atoms with E-state index in [-0.39, 0.29) is 11.7 Å². The Balaban J connectivity index is 1.66. The van der Waals surface area contributed by atoms with Gasteiger partial charge in [-0.05, 0) is 36.1 Å². The summed E-state index contributed by atoms with van der Waals surface area (Å²) in [6.07, 6.45) is 5.20. The molecule has 1 aromatic heterocycles. The van der Waals surface area contributed by atoms with Crippen molar-refractivity contribution in [3.63, 3.8) is 0 Å². The second kappa shape index (κ2) is 6.41. The summed E-state index contributed by atoms with van der Waals surface area (Å²) in [5.74, 6) is 0.400. The lowest BCUT2D eigenvalue weighted by atomic mass is 9.94. The van der Waals surface area contributed by atoms with Crippen LogP contribution in [0.2, 0.25) is 0 Å². The van der Waals surface area contributed by atoms with Crippen LogP contribution in [0.1, 0.15) is 35.8 Å². The van der Waals surface area contributed by atoms with Gasteiger partial charge in [0.05, 0.1) is 5.41 Å². The summed E-state index contributed by atoms with van der Waals surface area (Å²) in [6, 6.07) is 15.6. The Kier molecular flexibility index (Phi) is 4.07. The van der Waals surface area contributed by atoms with Gasteiger partial charge >= 0.3 is 0 Å². The maximum atomic E-state index is 13.3. The van der Waals surface area contributed by atoms with Crippen LogP contribution < -0.4 is 5.32 Å². The number of hydrogen-bond acceptors (Lipinski definition) is 2. The molecule has 1 saturated carbocycles. The smallest absolute Gasteiger partial charge is 0.231 e. The molecule has 1 amide bonds. The van der Waals surface area contributed by atoms with E-state index in [2.05, 4.69) is 10.3 Å². The molecule has 4 nitrogen and oxygen atoms in total. The summed E-state index contributed by atoms with van der Waals surface area (Å²) < 4.78 is 15.2. The number of halogens is 1. The molecule has 0 saturated heterocycles. The van der Waals surface area contributed by atoms with Crippen molar-refractivity contribution in [1.82, 2.24) is 14.9 Å². The number of imidazole rings is 1. The summed E-state index contributed by atoms with van der Waals surface area (Å²) in [4.78, 5) is 17.6. The van der Waals surface area contributed by atoms with E-state index in [0.717, 1.165) is 24.0 Å². The van der Waals surface area contributed by atoms with Gasteiger partial charge in [-0.1, -0.05) is 42.5 Å². The van der Waals surface area contributed by atoms with E-state index in [4.69, 9.17) is 0 Å². The summed E-state index contributed by atoms with van der Waals surface area (Å²) in [5.41, 5.74) is 1.37. The van der Waals surface area contributed by atoms with E-state index < -0.39 is 11.5 Å². The van der Waals surface area contributed by atoms with Gasteiger partial charge in [-0.15, -0.1) is 0 Å². The van der Waals surface area contributed by atoms with Crippen LogP contribution in [-0.4, -0.2) is 15.5 Å². The molecule has 1 aliphatic carbocycles. The van der Waals surface area contributed by atoms with Crippen LogP contribution in [0.25, 0.3) is 0 Å². The quantitative estimate of drug-likeness (QED) is 0.766. The molecule has 5 heteroatoms. The molecule has 0 bridgehead atoms. The van der Waals surface area contributed by atoms with Crippen LogP contribution in [0, 0.1) is 5.82 Å². The highest BCUT2D eigenvalue weighted by molar-refractivity contribution is 5.91. The van der Waals surface area contributed by atoms with Gasteiger partial charge in [0.2, 0.25) is 5.91 Å². The van der Waals surface area contributed by atoms with Crippen LogP contribution in [0.15, 0.2) is 67.0 Å². The molecule has 2 aromatic carbocycles. The average Bonchev–Trinajstić information content (AvgIpc) is 3.38. The first-order valence-electron chi connectivity index (χ1n) is 8.69. The normalized spacial score (nSPS) is 16.1. The Morgan fingerprint density at radius 2 is 1.85 bits per heavy atom. The van der Waals surface area contributed by atoms with Crippen molar-refractivity contribution in [2.45, 2.75) is 24.3 Å².